The predicted octanol–water partition coefficient (Wildman–Crippen LogP) is 3.08. The van der Waals surface area contributed by atoms with Gasteiger partial charge in [0.2, 0.25) is 5.88 Å². The van der Waals surface area contributed by atoms with Gasteiger partial charge in [-0.05, 0) is 18.2 Å². The third-order valence-corrected chi connectivity index (χ3v) is 4.67. The van der Waals surface area contributed by atoms with E-state index in [-0.39, 0.29) is 17.7 Å². The number of nitrogens with zero attached hydrogens (tertiary/aromatic N) is 2. The molecule has 2 aliphatic rings. The number of hydrogen-bond acceptors (Lipinski definition) is 6. The van der Waals surface area contributed by atoms with Crippen molar-refractivity contribution in [1.29, 1.82) is 0 Å². The average molecular weight is 394 g/mol. The van der Waals surface area contributed by atoms with Gasteiger partial charge in [-0.1, -0.05) is 15.9 Å². The maximum absolute atomic E-state index is 14.5. The zero-order chi connectivity index (χ0) is 16.9. The molecule has 0 saturated heterocycles. The highest BCUT2D eigenvalue weighted by molar-refractivity contribution is 9.10. The number of ether oxygens (including phenoxy) is 3. The first-order valence-corrected chi connectivity index (χ1v) is 8.04. The molecule has 3 heterocycles. The number of benzene rings is 1. The van der Waals surface area contributed by atoms with Gasteiger partial charge in [-0.2, -0.15) is 9.37 Å². The van der Waals surface area contributed by atoms with Crippen molar-refractivity contribution < 1.29 is 18.6 Å². The molecule has 8 heteroatoms. The van der Waals surface area contributed by atoms with E-state index in [9.17, 15) is 4.39 Å². The van der Waals surface area contributed by atoms with Crippen LogP contribution in [0.1, 0.15) is 17.5 Å². The maximum atomic E-state index is 14.5. The van der Waals surface area contributed by atoms with Crippen molar-refractivity contribution in [2.24, 2.45) is 10.7 Å². The standard InChI is InChI=1S/C16H13BrFN3O3/c1-22-12-7-10-13(14(18)20-12)24-11-3-2-8(17)6-9(11)16(10)4-5-23-15(19)21-16/h2-3,6-7H,4-5H2,1H3,(H2,19,21). The lowest BCUT2D eigenvalue weighted by molar-refractivity contribution is 0.216. The summed E-state index contributed by atoms with van der Waals surface area (Å²) in [5, 5.41) is 0. The van der Waals surface area contributed by atoms with Gasteiger partial charge in [-0.25, -0.2) is 4.99 Å². The average Bonchev–Trinajstić information content (AvgIpc) is 2.56. The monoisotopic (exact) mass is 393 g/mol. The summed E-state index contributed by atoms with van der Waals surface area (Å²) < 4.78 is 31.5. The van der Waals surface area contributed by atoms with Gasteiger partial charge in [0.15, 0.2) is 5.75 Å². The third kappa shape index (κ3) is 2.13. The number of rotatable bonds is 1. The third-order valence-electron chi connectivity index (χ3n) is 4.18. The van der Waals surface area contributed by atoms with E-state index in [1.54, 1.807) is 12.1 Å². The zero-order valence-electron chi connectivity index (χ0n) is 12.7. The van der Waals surface area contributed by atoms with Crippen molar-refractivity contribution in [3.8, 4) is 17.4 Å². The van der Waals surface area contributed by atoms with Crippen LogP contribution in [0.5, 0.6) is 17.4 Å². The molecule has 1 aromatic heterocycles. The van der Waals surface area contributed by atoms with Crippen molar-refractivity contribution in [2.75, 3.05) is 13.7 Å². The van der Waals surface area contributed by atoms with Crippen LogP contribution >= 0.6 is 15.9 Å². The van der Waals surface area contributed by atoms with Gasteiger partial charge < -0.3 is 19.9 Å². The summed E-state index contributed by atoms with van der Waals surface area (Å²) in [4.78, 5) is 8.29. The molecule has 0 bridgehead atoms. The van der Waals surface area contributed by atoms with Crippen LogP contribution in [0.3, 0.4) is 0 Å². The fourth-order valence-electron chi connectivity index (χ4n) is 3.13. The molecule has 1 unspecified atom stereocenters. The second-order valence-electron chi connectivity index (χ2n) is 5.48. The molecule has 0 fully saturated rings. The minimum absolute atomic E-state index is 0.0315. The van der Waals surface area contributed by atoms with Gasteiger partial charge in [-0.3, -0.25) is 0 Å². The smallest absolute Gasteiger partial charge is 0.283 e. The van der Waals surface area contributed by atoms with Gasteiger partial charge in [0.1, 0.15) is 11.3 Å². The lowest BCUT2D eigenvalue weighted by atomic mass is 9.78. The summed E-state index contributed by atoms with van der Waals surface area (Å²) in [5.74, 6) is -0.0652. The van der Waals surface area contributed by atoms with Crippen LogP contribution in [0.15, 0.2) is 33.7 Å². The Balaban J connectivity index is 2.06. The van der Waals surface area contributed by atoms with E-state index in [4.69, 9.17) is 19.9 Å². The van der Waals surface area contributed by atoms with Gasteiger partial charge in [-0.15, -0.1) is 0 Å². The Morgan fingerprint density at radius 3 is 2.92 bits per heavy atom. The summed E-state index contributed by atoms with van der Waals surface area (Å²) in [7, 11) is 1.43. The number of fused-ring (bicyclic) bond motifs is 4. The molecule has 1 atom stereocenters. The number of pyridine rings is 1. The Morgan fingerprint density at radius 1 is 1.33 bits per heavy atom. The number of halogens is 2. The minimum atomic E-state index is -0.911. The molecule has 2 N–H and O–H groups in total. The fraction of sp³-hybridized carbons (Fsp3) is 0.250. The fourth-order valence-corrected chi connectivity index (χ4v) is 3.49. The molecule has 1 spiro atoms. The number of aliphatic imine (C=N–C) groups is 1. The first kappa shape index (κ1) is 15.2. The Hall–Kier alpha value is -2.35. The molecule has 0 amide bonds. The van der Waals surface area contributed by atoms with Crippen LogP contribution in [-0.4, -0.2) is 24.7 Å². The first-order chi connectivity index (χ1) is 11.5. The van der Waals surface area contributed by atoms with Gasteiger partial charge >= 0.3 is 0 Å². The van der Waals surface area contributed by atoms with E-state index < -0.39 is 11.5 Å². The molecule has 1 aromatic carbocycles. The summed E-state index contributed by atoms with van der Waals surface area (Å²) in [6.45, 7) is 0.354. The van der Waals surface area contributed by atoms with Crippen LogP contribution in [0.4, 0.5) is 4.39 Å². The lowest BCUT2D eigenvalue weighted by Crippen LogP contribution is -2.39. The van der Waals surface area contributed by atoms with Crippen molar-refractivity contribution in [3.63, 3.8) is 0 Å². The molecule has 0 saturated carbocycles. The maximum Gasteiger partial charge on any atom is 0.283 e. The van der Waals surface area contributed by atoms with Gasteiger partial charge in [0, 0.05) is 28.1 Å². The van der Waals surface area contributed by atoms with Crippen LogP contribution in [0.25, 0.3) is 0 Å². The number of nitrogens with two attached hydrogens (primary N) is 1. The largest absolute Gasteiger partial charge is 0.481 e. The minimum Gasteiger partial charge on any atom is -0.481 e. The molecule has 2 aromatic rings. The van der Waals surface area contributed by atoms with Crippen molar-refractivity contribution in [1.82, 2.24) is 4.98 Å². The predicted molar refractivity (Wildman–Crippen MR) is 87.9 cm³/mol. The van der Waals surface area contributed by atoms with Crippen LogP contribution in [0, 0.1) is 5.95 Å². The number of hydrogen-bond donors (Lipinski definition) is 1. The summed E-state index contributed by atoms with van der Waals surface area (Å²) in [6, 6.07) is 7.15. The molecule has 0 radical (unpaired) electrons. The van der Waals surface area contributed by atoms with E-state index in [0.29, 0.717) is 24.3 Å². The zero-order valence-corrected chi connectivity index (χ0v) is 14.3. The van der Waals surface area contributed by atoms with Crippen LogP contribution in [0.2, 0.25) is 0 Å². The molecule has 0 aliphatic carbocycles. The van der Waals surface area contributed by atoms with E-state index in [1.807, 2.05) is 12.1 Å². The number of aromatic nitrogens is 1. The Morgan fingerprint density at radius 2 is 2.17 bits per heavy atom. The van der Waals surface area contributed by atoms with Crippen LogP contribution < -0.4 is 15.2 Å². The van der Waals surface area contributed by atoms with E-state index >= 15 is 0 Å². The summed E-state index contributed by atoms with van der Waals surface area (Å²) >= 11 is 3.46. The highest BCUT2D eigenvalue weighted by atomic mass is 79.9. The van der Waals surface area contributed by atoms with E-state index in [0.717, 1.165) is 10.0 Å². The summed E-state index contributed by atoms with van der Waals surface area (Å²) in [5.41, 5.74) is 6.22. The summed E-state index contributed by atoms with van der Waals surface area (Å²) in [6.07, 6.45) is 0.486. The number of methoxy groups -OCH3 is 1. The molecule has 124 valence electrons. The van der Waals surface area contributed by atoms with Gasteiger partial charge in [0.05, 0.1) is 13.7 Å². The first-order valence-electron chi connectivity index (χ1n) is 7.24. The van der Waals surface area contributed by atoms with E-state index in [1.165, 1.54) is 7.11 Å². The Bertz CT molecular complexity index is 874. The second kappa shape index (κ2) is 5.34. The van der Waals surface area contributed by atoms with Crippen molar-refractivity contribution >= 4 is 22.0 Å². The lowest BCUT2D eigenvalue weighted by Gasteiger charge is -2.39. The normalized spacial score (nSPS) is 21.2. The molecule has 4 rings (SSSR count). The van der Waals surface area contributed by atoms with Gasteiger partial charge in [0.25, 0.3) is 12.0 Å². The number of amidine groups is 1. The van der Waals surface area contributed by atoms with Crippen LogP contribution in [-0.2, 0) is 10.3 Å². The topological polar surface area (TPSA) is 79.0 Å². The van der Waals surface area contributed by atoms with Crippen molar-refractivity contribution in [2.45, 2.75) is 12.0 Å². The Labute approximate surface area is 145 Å². The molecule has 2 aliphatic heterocycles. The Kier molecular flexibility index (Phi) is 3.38. The SMILES string of the molecule is COc1cc2c(c(F)n1)Oc1ccc(Br)cc1C21CCOC(N)=N1. The quantitative estimate of drug-likeness (QED) is 0.753. The van der Waals surface area contributed by atoms with Crippen molar-refractivity contribution in [3.05, 3.63) is 45.8 Å². The molecule has 24 heavy (non-hydrogen) atoms. The second-order valence-corrected chi connectivity index (χ2v) is 6.40. The molecular weight excluding hydrogens is 381 g/mol. The highest BCUT2D eigenvalue weighted by Crippen LogP contribution is 2.53. The highest BCUT2D eigenvalue weighted by Gasteiger charge is 2.46. The van der Waals surface area contributed by atoms with E-state index in [2.05, 4.69) is 25.9 Å². The molecule has 6 nitrogen and oxygen atoms in total. The molecular formula is C16H13BrFN3O3.